The van der Waals surface area contributed by atoms with Gasteiger partial charge in [-0.1, -0.05) is 13.0 Å². The number of nitrogens with zero attached hydrogens (tertiary/aromatic N) is 2. The van der Waals surface area contributed by atoms with Crippen molar-refractivity contribution in [3.05, 3.63) is 29.8 Å². The first-order valence-electron chi connectivity index (χ1n) is 9.37. The average Bonchev–Trinajstić information content (AvgIpc) is 3.36. The summed E-state index contributed by atoms with van der Waals surface area (Å²) in [5, 5.41) is 0. The maximum atomic E-state index is 12.9. The highest BCUT2D eigenvalue weighted by molar-refractivity contribution is 5.92. The van der Waals surface area contributed by atoms with E-state index in [2.05, 4.69) is 16.7 Å². The molecule has 1 amide bonds. The van der Waals surface area contributed by atoms with Crippen molar-refractivity contribution in [1.29, 1.82) is 0 Å². The second kappa shape index (κ2) is 7.08. The molecule has 0 N–H and O–H groups in total. The molecule has 0 atom stereocenters. The molecule has 1 saturated heterocycles. The molecule has 25 heavy (non-hydrogen) atoms. The number of likely N-dealkylation sites (tertiary alicyclic amines) is 1. The molecule has 1 aromatic rings. The first-order chi connectivity index (χ1) is 12.2. The predicted octanol–water partition coefficient (Wildman–Crippen LogP) is 2.90. The molecule has 1 aromatic carbocycles. The Labute approximate surface area is 149 Å². The molecule has 5 nitrogen and oxygen atoms in total. The first-order valence-corrected chi connectivity index (χ1v) is 9.37. The van der Waals surface area contributed by atoms with Crippen LogP contribution in [0.3, 0.4) is 0 Å². The minimum absolute atomic E-state index is 0.148. The Morgan fingerprint density at radius 2 is 1.88 bits per heavy atom. The van der Waals surface area contributed by atoms with Crippen molar-refractivity contribution < 1.29 is 14.3 Å². The summed E-state index contributed by atoms with van der Waals surface area (Å²) in [4.78, 5) is 17.5. The fourth-order valence-electron chi connectivity index (χ4n) is 3.79. The Morgan fingerprint density at radius 1 is 1.16 bits per heavy atom. The monoisotopic (exact) mass is 342 g/mol. The van der Waals surface area contributed by atoms with Gasteiger partial charge in [0.05, 0.1) is 0 Å². The van der Waals surface area contributed by atoms with Crippen molar-refractivity contribution in [3.63, 3.8) is 0 Å². The lowest BCUT2D eigenvalue weighted by Gasteiger charge is -2.38. The maximum absolute atomic E-state index is 12.9. The number of carbonyl (C=O) groups is 1. The summed E-state index contributed by atoms with van der Waals surface area (Å²) in [7, 11) is 0. The van der Waals surface area contributed by atoms with Crippen molar-refractivity contribution in [2.45, 2.75) is 44.7 Å². The minimum Gasteiger partial charge on any atom is -0.454 e. The Kier molecular flexibility index (Phi) is 4.66. The molecule has 0 spiro atoms. The lowest BCUT2D eigenvalue weighted by atomic mass is 10.0. The van der Waals surface area contributed by atoms with Gasteiger partial charge in [0, 0.05) is 31.2 Å². The van der Waals surface area contributed by atoms with Crippen molar-refractivity contribution >= 4 is 12.0 Å². The van der Waals surface area contributed by atoms with E-state index >= 15 is 0 Å². The van der Waals surface area contributed by atoms with Gasteiger partial charge in [0.1, 0.15) is 0 Å². The number of benzene rings is 1. The predicted molar refractivity (Wildman–Crippen MR) is 96.6 cm³/mol. The van der Waals surface area contributed by atoms with Crippen LogP contribution in [0.25, 0.3) is 6.08 Å². The molecule has 0 bridgehead atoms. The third-order valence-corrected chi connectivity index (χ3v) is 5.41. The van der Waals surface area contributed by atoms with Gasteiger partial charge in [0.2, 0.25) is 12.7 Å². The van der Waals surface area contributed by atoms with Crippen molar-refractivity contribution in [1.82, 2.24) is 9.80 Å². The van der Waals surface area contributed by atoms with E-state index in [1.807, 2.05) is 24.3 Å². The summed E-state index contributed by atoms with van der Waals surface area (Å²) in [5.41, 5.74) is 0.967. The van der Waals surface area contributed by atoms with Crippen LogP contribution in [0.4, 0.5) is 0 Å². The zero-order chi connectivity index (χ0) is 17.2. The summed E-state index contributed by atoms with van der Waals surface area (Å²) < 4.78 is 10.7. The summed E-state index contributed by atoms with van der Waals surface area (Å²) >= 11 is 0. The Hall–Kier alpha value is -2.01. The lowest BCUT2D eigenvalue weighted by Crippen LogP contribution is -2.47. The molecule has 2 heterocycles. The molecule has 2 aliphatic heterocycles. The van der Waals surface area contributed by atoms with E-state index in [-0.39, 0.29) is 12.7 Å². The first kappa shape index (κ1) is 16.5. The van der Waals surface area contributed by atoms with Gasteiger partial charge >= 0.3 is 0 Å². The lowest BCUT2D eigenvalue weighted by molar-refractivity contribution is -0.129. The Bertz CT molecular complexity index is 661. The average molecular weight is 342 g/mol. The van der Waals surface area contributed by atoms with Crippen LogP contribution in [-0.4, -0.2) is 54.2 Å². The third kappa shape index (κ3) is 3.66. The SMILES string of the molecule is CCN1CCC(N(C(=O)/C=C/c2ccc3c(c2)OCO3)C2CC2)CC1. The number of rotatable bonds is 5. The maximum Gasteiger partial charge on any atom is 0.247 e. The fraction of sp³-hybridized carbons (Fsp3) is 0.550. The van der Waals surface area contributed by atoms with Gasteiger partial charge in [-0.15, -0.1) is 0 Å². The molecule has 134 valence electrons. The van der Waals surface area contributed by atoms with Crippen LogP contribution in [0.1, 0.15) is 38.2 Å². The van der Waals surface area contributed by atoms with Crippen molar-refractivity contribution in [3.8, 4) is 11.5 Å². The van der Waals surface area contributed by atoms with Gasteiger partial charge in [0.25, 0.3) is 0 Å². The molecule has 0 unspecified atom stereocenters. The van der Waals surface area contributed by atoms with Crippen LogP contribution in [0.5, 0.6) is 11.5 Å². The van der Waals surface area contributed by atoms with Crippen LogP contribution >= 0.6 is 0 Å². The third-order valence-electron chi connectivity index (χ3n) is 5.41. The van der Waals surface area contributed by atoms with Crippen molar-refractivity contribution in [2.75, 3.05) is 26.4 Å². The van der Waals surface area contributed by atoms with Crippen molar-refractivity contribution in [2.24, 2.45) is 0 Å². The molecule has 4 rings (SSSR count). The van der Waals surface area contributed by atoms with E-state index in [0.29, 0.717) is 12.1 Å². The minimum atomic E-state index is 0.148. The zero-order valence-corrected chi connectivity index (χ0v) is 14.8. The highest BCUT2D eigenvalue weighted by Crippen LogP contribution is 2.34. The van der Waals surface area contributed by atoms with Gasteiger partial charge in [0.15, 0.2) is 11.5 Å². The van der Waals surface area contributed by atoms with Gasteiger partial charge in [-0.05, 0) is 56.0 Å². The van der Waals surface area contributed by atoms with Crippen LogP contribution in [0.15, 0.2) is 24.3 Å². The van der Waals surface area contributed by atoms with E-state index < -0.39 is 0 Å². The quantitative estimate of drug-likeness (QED) is 0.772. The van der Waals surface area contributed by atoms with E-state index in [1.54, 1.807) is 6.08 Å². The number of hydrogen-bond acceptors (Lipinski definition) is 4. The molecular formula is C20H26N2O3. The fourth-order valence-corrected chi connectivity index (χ4v) is 3.79. The Morgan fingerprint density at radius 3 is 2.60 bits per heavy atom. The van der Waals surface area contributed by atoms with E-state index in [1.165, 1.54) is 0 Å². The summed E-state index contributed by atoms with van der Waals surface area (Å²) in [6.45, 7) is 5.78. The molecule has 5 heteroatoms. The molecular weight excluding hydrogens is 316 g/mol. The summed E-state index contributed by atoms with van der Waals surface area (Å²) in [6.07, 6.45) is 8.10. The number of hydrogen-bond donors (Lipinski definition) is 0. The van der Waals surface area contributed by atoms with Crippen LogP contribution in [0.2, 0.25) is 0 Å². The number of ether oxygens (including phenoxy) is 2. The number of piperidine rings is 1. The molecule has 0 radical (unpaired) electrons. The van der Waals surface area contributed by atoms with Gasteiger partial charge < -0.3 is 19.3 Å². The number of amides is 1. The summed E-state index contributed by atoms with van der Waals surface area (Å²) in [5.74, 6) is 1.67. The zero-order valence-electron chi connectivity index (χ0n) is 14.8. The Balaban J connectivity index is 1.43. The highest BCUT2D eigenvalue weighted by atomic mass is 16.7. The molecule has 0 aromatic heterocycles. The van der Waals surface area contributed by atoms with Crippen LogP contribution < -0.4 is 9.47 Å². The van der Waals surface area contributed by atoms with Gasteiger partial charge in [-0.25, -0.2) is 0 Å². The highest BCUT2D eigenvalue weighted by Gasteiger charge is 2.37. The standard InChI is InChI=1S/C20H26N2O3/c1-2-21-11-9-17(10-12-21)22(16-5-6-16)20(23)8-4-15-3-7-18-19(13-15)25-14-24-18/h3-4,7-8,13,16-17H,2,5-6,9-12,14H2,1H3/b8-4+. The second-order valence-electron chi connectivity index (χ2n) is 7.09. The number of fused-ring (bicyclic) bond motifs is 1. The topological polar surface area (TPSA) is 42.0 Å². The van der Waals surface area contributed by atoms with Crippen LogP contribution in [0, 0.1) is 0 Å². The molecule has 1 aliphatic carbocycles. The second-order valence-corrected chi connectivity index (χ2v) is 7.09. The van der Waals surface area contributed by atoms with Gasteiger partial charge in [-0.2, -0.15) is 0 Å². The molecule has 1 saturated carbocycles. The molecule has 2 fully saturated rings. The summed E-state index contributed by atoms with van der Waals surface area (Å²) in [6, 6.07) is 6.62. The van der Waals surface area contributed by atoms with Gasteiger partial charge in [-0.3, -0.25) is 4.79 Å². The van der Waals surface area contributed by atoms with E-state index in [9.17, 15) is 4.79 Å². The van der Waals surface area contributed by atoms with E-state index in [4.69, 9.17) is 9.47 Å². The largest absolute Gasteiger partial charge is 0.454 e. The molecule has 3 aliphatic rings. The van der Waals surface area contributed by atoms with E-state index in [0.717, 1.165) is 62.4 Å². The van der Waals surface area contributed by atoms with Crippen LogP contribution in [-0.2, 0) is 4.79 Å². The number of carbonyl (C=O) groups excluding carboxylic acids is 1. The smallest absolute Gasteiger partial charge is 0.247 e. The normalized spacial score (nSPS) is 21.0.